The highest BCUT2D eigenvalue weighted by Crippen LogP contribution is 2.23. The maximum atomic E-state index is 5.97. The second kappa shape index (κ2) is 8.72. The van der Waals surface area contributed by atoms with Crippen LogP contribution < -0.4 is 20.1 Å². The molecule has 2 N–H and O–H groups in total. The number of nitrogens with one attached hydrogen (secondary N) is 2. The van der Waals surface area contributed by atoms with Gasteiger partial charge in [0.15, 0.2) is 5.11 Å². The Balaban J connectivity index is 1.88. The van der Waals surface area contributed by atoms with Gasteiger partial charge in [0.1, 0.15) is 18.1 Å². The van der Waals surface area contributed by atoms with Gasteiger partial charge in [-0.2, -0.15) is 0 Å². The minimum Gasteiger partial charge on any atom is -0.497 e. The van der Waals surface area contributed by atoms with E-state index in [2.05, 4.69) is 36.6 Å². The third-order valence-corrected chi connectivity index (χ3v) is 4.17. The van der Waals surface area contributed by atoms with E-state index in [0.29, 0.717) is 11.7 Å². The van der Waals surface area contributed by atoms with Crippen molar-refractivity contribution in [3.8, 4) is 11.5 Å². The van der Waals surface area contributed by atoms with Gasteiger partial charge in [-0.1, -0.05) is 18.2 Å². The molecule has 1 atom stereocenters. The van der Waals surface area contributed by atoms with Gasteiger partial charge in [-0.05, 0) is 74.8 Å². The van der Waals surface area contributed by atoms with Crippen LogP contribution in [0.1, 0.15) is 23.6 Å². The van der Waals surface area contributed by atoms with E-state index in [1.54, 1.807) is 7.11 Å². The lowest BCUT2D eigenvalue weighted by atomic mass is 10.1. The standard InChI is InChI=1S/C20H26N2O2S/c1-13-7-6-8-14(2)19(13)24-12-16(4)21-20(25)22-18-10-9-17(23-5)11-15(18)3/h6-11,16H,12H2,1-5H3,(H2,21,22,25). The van der Waals surface area contributed by atoms with E-state index in [-0.39, 0.29) is 6.04 Å². The van der Waals surface area contributed by atoms with E-state index < -0.39 is 0 Å². The molecule has 2 aromatic rings. The number of methoxy groups -OCH3 is 1. The molecular weight excluding hydrogens is 332 g/mol. The van der Waals surface area contributed by atoms with E-state index in [1.165, 1.54) is 0 Å². The van der Waals surface area contributed by atoms with Crippen LogP contribution in [0.5, 0.6) is 11.5 Å². The van der Waals surface area contributed by atoms with Crippen LogP contribution in [-0.2, 0) is 0 Å². The van der Waals surface area contributed by atoms with E-state index in [4.69, 9.17) is 21.7 Å². The third kappa shape index (κ3) is 5.36. The smallest absolute Gasteiger partial charge is 0.171 e. The van der Waals surface area contributed by atoms with E-state index >= 15 is 0 Å². The van der Waals surface area contributed by atoms with Gasteiger partial charge in [0.25, 0.3) is 0 Å². The van der Waals surface area contributed by atoms with Crippen LogP contribution in [0.25, 0.3) is 0 Å². The van der Waals surface area contributed by atoms with Gasteiger partial charge in [0.2, 0.25) is 0 Å². The van der Waals surface area contributed by atoms with Crippen LogP contribution in [0.3, 0.4) is 0 Å². The second-order valence-corrected chi connectivity index (χ2v) is 6.62. The van der Waals surface area contributed by atoms with Crippen LogP contribution in [-0.4, -0.2) is 24.9 Å². The molecule has 0 spiro atoms. The molecule has 5 heteroatoms. The topological polar surface area (TPSA) is 42.5 Å². The van der Waals surface area contributed by atoms with Gasteiger partial charge in [-0.15, -0.1) is 0 Å². The Morgan fingerprint density at radius 1 is 1.08 bits per heavy atom. The van der Waals surface area contributed by atoms with Crippen molar-refractivity contribution in [2.45, 2.75) is 33.7 Å². The minimum atomic E-state index is 0.0811. The monoisotopic (exact) mass is 358 g/mol. The van der Waals surface area contributed by atoms with Crippen molar-refractivity contribution in [1.29, 1.82) is 0 Å². The number of hydrogen-bond donors (Lipinski definition) is 2. The summed E-state index contributed by atoms with van der Waals surface area (Å²) in [7, 11) is 1.66. The molecule has 25 heavy (non-hydrogen) atoms. The Labute approximate surface area is 155 Å². The van der Waals surface area contributed by atoms with Gasteiger partial charge in [-0.3, -0.25) is 0 Å². The van der Waals surface area contributed by atoms with Gasteiger partial charge in [-0.25, -0.2) is 0 Å². The van der Waals surface area contributed by atoms with Crippen molar-refractivity contribution >= 4 is 23.0 Å². The Kier molecular flexibility index (Phi) is 6.65. The van der Waals surface area contributed by atoms with E-state index in [9.17, 15) is 0 Å². The molecule has 0 saturated heterocycles. The Hall–Kier alpha value is -2.27. The summed E-state index contributed by atoms with van der Waals surface area (Å²) in [5, 5.41) is 7.05. The molecule has 0 heterocycles. The highest BCUT2D eigenvalue weighted by Gasteiger charge is 2.09. The molecule has 0 aromatic heterocycles. The summed E-state index contributed by atoms with van der Waals surface area (Å²) in [6, 6.07) is 12.1. The van der Waals surface area contributed by atoms with Crippen molar-refractivity contribution in [1.82, 2.24) is 5.32 Å². The number of rotatable bonds is 6. The van der Waals surface area contributed by atoms with Crippen molar-refractivity contribution in [2.75, 3.05) is 19.0 Å². The number of aryl methyl sites for hydroxylation is 3. The number of thiocarbonyl (C=S) groups is 1. The molecule has 0 saturated carbocycles. The van der Waals surface area contributed by atoms with Gasteiger partial charge < -0.3 is 20.1 Å². The lowest BCUT2D eigenvalue weighted by molar-refractivity contribution is 0.283. The van der Waals surface area contributed by atoms with Crippen LogP contribution in [0.2, 0.25) is 0 Å². The first kappa shape index (κ1) is 19.1. The molecule has 0 aliphatic rings. The zero-order valence-corrected chi connectivity index (χ0v) is 16.3. The highest BCUT2D eigenvalue weighted by molar-refractivity contribution is 7.80. The normalized spacial score (nSPS) is 11.6. The molecule has 0 bridgehead atoms. The van der Waals surface area contributed by atoms with Gasteiger partial charge in [0, 0.05) is 5.69 Å². The van der Waals surface area contributed by atoms with Crippen LogP contribution in [0.15, 0.2) is 36.4 Å². The number of para-hydroxylation sites is 1. The SMILES string of the molecule is COc1ccc(NC(=S)NC(C)COc2c(C)cccc2C)c(C)c1. The second-order valence-electron chi connectivity index (χ2n) is 6.21. The summed E-state index contributed by atoms with van der Waals surface area (Å²) < 4.78 is 11.2. The van der Waals surface area contributed by atoms with Crippen molar-refractivity contribution in [3.05, 3.63) is 53.1 Å². The average Bonchev–Trinajstić information content (AvgIpc) is 2.56. The van der Waals surface area contributed by atoms with Crippen LogP contribution >= 0.6 is 12.2 Å². The summed E-state index contributed by atoms with van der Waals surface area (Å²) >= 11 is 5.41. The molecule has 0 aliphatic carbocycles. The van der Waals surface area contributed by atoms with E-state index in [0.717, 1.165) is 33.9 Å². The van der Waals surface area contributed by atoms with Crippen molar-refractivity contribution in [2.24, 2.45) is 0 Å². The Morgan fingerprint density at radius 2 is 1.76 bits per heavy atom. The zero-order chi connectivity index (χ0) is 18.4. The molecule has 2 aromatic carbocycles. The van der Waals surface area contributed by atoms with Crippen LogP contribution in [0.4, 0.5) is 5.69 Å². The van der Waals surface area contributed by atoms with Crippen molar-refractivity contribution < 1.29 is 9.47 Å². The molecule has 2 rings (SSSR count). The molecule has 4 nitrogen and oxygen atoms in total. The van der Waals surface area contributed by atoms with Gasteiger partial charge in [0.05, 0.1) is 13.2 Å². The number of anilines is 1. The third-order valence-electron chi connectivity index (χ3n) is 3.95. The lowest BCUT2D eigenvalue weighted by Gasteiger charge is -2.20. The molecule has 1 unspecified atom stereocenters. The quantitative estimate of drug-likeness (QED) is 0.751. The molecule has 0 amide bonds. The fraction of sp³-hybridized carbons (Fsp3) is 0.350. The van der Waals surface area contributed by atoms with Crippen molar-refractivity contribution in [3.63, 3.8) is 0 Å². The zero-order valence-electron chi connectivity index (χ0n) is 15.5. The number of hydrogen-bond acceptors (Lipinski definition) is 3. The summed E-state index contributed by atoms with van der Waals surface area (Å²) in [5.41, 5.74) is 4.31. The molecule has 0 aliphatic heterocycles. The lowest BCUT2D eigenvalue weighted by Crippen LogP contribution is -2.39. The molecule has 134 valence electrons. The fourth-order valence-electron chi connectivity index (χ4n) is 2.56. The summed E-state index contributed by atoms with van der Waals surface area (Å²) in [4.78, 5) is 0. The summed E-state index contributed by atoms with van der Waals surface area (Å²) in [6.07, 6.45) is 0. The molecule has 0 fully saturated rings. The summed E-state index contributed by atoms with van der Waals surface area (Å²) in [6.45, 7) is 8.71. The maximum Gasteiger partial charge on any atom is 0.171 e. The first-order valence-electron chi connectivity index (χ1n) is 8.32. The Bertz CT molecular complexity index is 726. The highest BCUT2D eigenvalue weighted by atomic mass is 32.1. The maximum absolute atomic E-state index is 5.97. The average molecular weight is 359 g/mol. The van der Waals surface area contributed by atoms with Gasteiger partial charge >= 0.3 is 0 Å². The first-order chi connectivity index (χ1) is 11.9. The number of ether oxygens (including phenoxy) is 2. The first-order valence-corrected chi connectivity index (χ1v) is 8.72. The van der Waals surface area contributed by atoms with Crippen LogP contribution in [0, 0.1) is 20.8 Å². The molecular formula is C20H26N2O2S. The summed E-state index contributed by atoms with van der Waals surface area (Å²) in [5.74, 6) is 1.78. The number of benzene rings is 2. The Morgan fingerprint density at radius 3 is 2.36 bits per heavy atom. The minimum absolute atomic E-state index is 0.0811. The predicted octanol–water partition coefficient (Wildman–Crippen LogP) is 4.37. The predicted molar refractivity (Wildman–Crippen MR) is 108 cm³/mol. The molecule has 0 radical (unpaired) electrons. The van der Waals surface area contributed by atoms with E-state index in [1.807, 2.05) is 38.1 Å². The fourth-order valence-corrected chi connectivity index (χ4v) is 2.87. The largest absolute Gasteiger partial charge is 0.497 e.